The highest BCUT2D eigenvalue weighted by Gasteiger charge is 2.32. The predicted octanol–water partition coefficient (Wildman–Crippen LogP) is 2.13. The molecule has 0 saturated carbocycles. The number of nitrogens with two attached hydrogens (primary N) is 1. The van der Waals surface area contributed by atoms with E-state index >= 15 is 0 Å². The van der Waals surface area contributed by atoms with Crippen LogP contribution in [0.3, 0.4) is 0 Å². The van der Waals surface area contributed by atoms with Gasteiger partial charge in [0.25, 0.3) is 5.91 Å². The lowest BCUT2D eigenvalue weighted by atomic mass is 10.2. The molecule has 18 heavy (non-hydrogen) atoms. The standard InChI is InChI=1S/C13H16N2OS2/c14-12(17)9-4-2-6-15(9)13(16)11-7-8-3-1-5-10(8)18-11/h7,9H,1-6H2,(H2,14,17). The van der Waals surface area contributed by atoms with Crippen LogP contribution in [0.5, 0.6) is 0 Å². The Morgan fingerprint density at radius 3 is 3.00 bits per heavy atom. The van der Waals surface area contributed by atoms with Crippen molar-refractivity contribution < 1.29 is 4.79 Å². The van der Waals surface area contributed by atoms with Crippen molar-refractivity contribution in [3.63, 3.8) is 0 Å². The summed E-state index contributed by atoms with van der Waals surface area (Å²) in [5.41, 5.74) is 7.09. The van der Waals surface area contributed by atoms with Crippen molar-refractivity contribution in [1.29, 1.82) is 0 Å². The van der Waals surface area contributed by atoms with E-state index in [1.54, 1.807) is 11.3 Å². The molecule has 1 aromatic rings. The molecule has 1 amide bonds. The number of hydrogen-bond acceptors (Lipinski definition) is 3. The fourth-order valence-electron chi connectivity index (χ4n) is 2.88. The number of amides is 1. The zero-order chi connectivity index (χ0) is 12.7. The summed E-state index contributed by atoms with van der Waals surface area (Å²) in [6.07, 6.45) is 5.39. The van der Waals surface area contributed by atoms with Gasteiger partial charge in [-0.3, -0.25) is 4.79 Å². The molecule has 0 bridgehead atoms. The van der Waals surface area contributed by atoms with Crippen LogP contribution in [0.15, 0.2) is 6.07 Å². The van der Waals surface area contributed by atoms with Crippen molar-refractivity contribution in [3.05, 3.63) is 21.4 Å². The van der Waals surface area contributed by atoms with Gasteiger partial charge in [0, 0.05) is 11.4 Å². The van der Waals surface area contributed by atoms with E-state index in [0.29, 0.717) is 4.99 Å². The van der Waals surface area contributed by atoms with Gasteiger partial charge in [0.2, 0.25) is 0 Å². The largest absolute Gasteiger partial charge is 0.392 e. The van der Waals surface area contributed by atoms with Crippen LogP contribution in [0.1, 0.15) is 39.4 Å². The molecule has 1 aromatic heterocycles. The number of fused-ring (bicyclic) bond motifs is 1. The van der Waals surface area contributed by atoms with Gasteiger partial charge in [-0.05, 0) is 43.7 Å². The second-order valence-corrected chi connectivity index (χ2v) is 6.58. The molecule has 1 fully saturated rings. The highest BCUT2D eigenvalue weighted by atomic mass is 32.1. The first-order valence-electron chi connectivity index (χ1n) is 6.38. The Labute approximate surface area is 116 Å². The molecule has 1 aliphatic carbocycles. The van der Waals surface area contributed by atoms with Crippen LogP contribution in [0, 0.1) is 0 Å². The monoisotopic (exact) mass is 280 g/mol. The van der Waals surface area contributed by atoms with Crippen molar-refractivity contribution in [2.24, 2.45) is 5.73 Å². The second kappa shape index (κ2) is 4.63. The van der Waals surface area contributed by atoms with Crippen LogP contribution in [0.25, 0.3) is 0 Å². The van der Waals surface area contributed by atoms with E-state index in [4.69, 9.17) is 18.0 Å². The van der Waals surface area contributed by atoms with Crippen LogP contribution in [-0.4, -0.2) is 28.4 Å². The normalized spacial score (nSPS) is 22.2. The third-order valence-corrected chi connectivity index (χ3v) is 5.30. The van der Waals surface area contributed by atoms with Gasteiger partial charge in [0.1, 0.15) is 0 Å². The minimum Gasteiger partial charge on any atom is -0.392 e. The number of aryl methyl sites for hydroxylation is 2. The van der Waals surface area contributed by atoms with E-state index in [2.05, 4.69) is 6.07 Å². The number of likely N-dealkylation sites (tertiary alicyclic amines) is 1. The minimum absolute atomic E-state index is 0.0376. The van der Waals surface area contributed by atoms with Crippen LogP contribution in [-0.2, 0) is 12.8 Å². The highest BCUT2D eigenvalue weighted by molar-refractivity contribution is 7.80. The molecule has 1 saturated heterocycles. The number of nitrogens with zero attached hydrogens (tertiary/aromatic N) is 1. The van der Waals surface area contributed by atoms with Gasteiger partial charge in [-0.15, -0.1) is 11.3 Å². The Balaban J connectivity index is 1.83. The molecule has 0 spiro atoms. The topological polar surface area (TPSA) is 46.3 Å². The van der Waals surface area contributed by atoms with Gasteiger partial charge in [-0.1, -0.05) is 12.2 Å². The van der Waals surface area contributed by atoms with E-state index in [9.17, 15) is 4.79 Å². The summed E-state index contributed by atoms with van der Waals surface area (Å²) in [6, 6.07) is 2.04. The molecule has 5 heteroatoms. The summed E-state index contributed by atoms with van der Waals surface area (Å²) < 4.78 is 0. The molecular formula is C13H16N2OS2. The minimum atomic E-state index is -0.0376. The lowest BCUT2D eigenvalue weighted by Gasteiger charge is -2.23. The van der Waals surface area contributed by atoms with Gasteiger partial charge < -0.3 is 10.6 Å². The zero-order valence-corrected chi connectivity index (χ0v) is 11.8. The average Bonchev–Trinajstić information content (AvgIpc) is 3.02. The van der Waals surface area contributed by atoms with Crippen molar-refractivity contribution in [3.8, 4) is 0 Å². The summed E-state index contributed by atoms with van der Waals surface area (Å²) in [4.78, 5) is 17.0. The number of carbonyl (C=O) groups excluding carboxylic acids is 1. The molecule has 1 atom stereocenters. The van der Waals surface area contributed by atoms with Crippen molar-refractivity contribution in [1.82, 2.24) is 4.90 Å². The summed E-state index contributed by atoms with van der Waals surface area (Å²) in [5, 5.41) is 0. The van der Waals surface area contributed by atoms with Gasteiger partial charge in [-0.25, -0.2) is 0 Å². The van der Waals surface area contributed by atoms with Gasteiger partial charge in [0.15, 0.2) is 0 Å². The molecule has 3 nitrogen and oxygen atoms in total. The van der Waals surface area contributed by atoms with Crippen LogP contribution < -0.4 is 5.73 Å². The molecular weight excluding hydrogens is 264 g/mol. The quantitative estimate of drug-likeness (QED) is 0.844. The molecule has 2 heterocycles. The maximum atomic E-state index is 12.5. The third kappa shape index (κ3) is 1.95. The maximum absolute atomic E-state index is 12.5. The molecule has 96 valence electrons. The number of thiocarbonyl (C=S) groups is 1. The lowest BCUT2D eigenvalue weighted by molar-refractivity contribution is 0.0775. The van der Waals surface area contributed by atoms with Crippen LogP contribution in [0.4, 0.5) is 0 Å². The first-order valence-corrected chi connectivity index (χ1v) is 7.61. The Morgan fingerprint density at radius 2 is 2.28 bits per heavy atom. The number of hydrogen-bond donors (Lipinski definition) is 1. The molecule has 2 aliphatic rings. The Morgan fingerprint density at radius 1 is 1.44 bits per heavy atom. The summed E-state index contributed by atoms with van der Waals surface area (Å²) >= 11 is 6.71. The molecule has 1 unspecified atom stereocenters. The molecule has 0 aromatic carbocycles. The first-order chi connectivity index (χ1) is 8.66. The zero-order valence-electron chi connectivity index (χ0n) is 10.1. The summed E-state index contributed by atoms with van der Waals surface area (Å²) in [5.74, 6) is 0.115. The molecule has 3 rings (SSSR count). The SMILES string of the molecule is NC(=S)C1CCCN1C(=O)c1cc2c(s1)CCC2. The third-order valence-electron chi connectivity index (χ3n) is 3.80. The van der Waals surface area contributed by atoms with Crippen molar-refractivity contribution in [2.45, 2.75) is 38.1 Å². The lowest BCUT2D eigenvalue weighted by Crippen LogP contribution is -2.42. The highest BCUT2D eigenvalue weighted by Crippen LogP contribution is 2.32. The molecule has 0 radical (unpaired) electrons. The fourth-order valence-corrected chi connectivity index (χ4v) is 4.34. The van der Waals surface area contributed by atoms with Gasteiger partial charge >= 0.3 is 0 Å². The van der Waals surface area contributed by atoms with E-state index in [0.717, 1.165) is 37.1 Å². The number of thiophene rings is 1. The maximum Gasteiger partial charge on any atom is 0.264 e. The van der Waals surface area contributed by atoms with E-state index < -0.39 is 0 Å². The van der Waals surface area contributed by atoms with Crippen LogP contribution >= 0.6 is 23.6 Å². The van der Waals surface area contributed by atoms with Gasteiger partial charge in [0.05, 0.1) is 15.9 Å². The van der Waals surface area contributed by atoms with E-state index in [1.807, 2.05) is 4.90 Å². The van der Waals surface area contributed by atoms with E-state index in [-0.39, 0.29) is 11.9 Å². The van der Waals surface area contributed by atoms with Crippen molar-refractivity contribution >= 4 is 34.5 Å². The summed E-state index contributed by atoms with van der Waals surface area (Å²) in [7, 11) is 0. The van der Waals surface area contributed by atoms with Crippen molar-refractivity contribution in [2.75, 3.05) is 6.54 Å². The predicted molar refractivity (Wildman–Crippen MR) is 77.2 cm³/mol. The molecule has 2 N–H and O–H groups in total. The first kappa shape index (κ1) is 12.1. The smallest absolute Gasteiger partial charge is 0.264 e. The fraction of sp³-hybridized carbons (Fsp3) is 0.538. The second-order valence-electron chi connectivity index (χ2n) is 4.97. The Bertz CT molecular complexity index is 488. The molecule has 1 aliphatic heterocycles. The van der Waals surface area contributed by atoms with Crippen LogP contribution in [0.2, 0.25) is 0 Å². The number of rotatable bonds is 2. The Kier molecular flexibility index (Phi) is 3.11. The Hall–Kier alpha value is -0.940. The van der Waals surface area contributed by atoms with Gasteiger partial charge in [-0.2, -0.15) is 0 Å². The average molecular weight is 280 g/mol. The summed E-state index contributed by atoms with van der Waals surface area (Å²) in [6.45, 7) is 0.781. The van der Waals surface area contributed by atoms with E-state index in [1.165, 1.54) is 16.9 Å². The number of carbonyl (C=O) groups is 1.